The average Bonchev–Trinajstić information content (AvgIpc) is 2.18. The minimum atomic E-state index is 0.500. The molecule has 78 valence electrons. The van der Waals surface area contributed by atoms with Gasteiger partial charge < -0.3 is 10.5 Å². The Kier molecular flexibility index (Phi) is 4.40. The highest BCUT2D eigenvalue weighted by atomic mass is 16.5. The van der Waals surface area contributed by atoms with Crippen LogP contribution in [0.15, 0.2) is 18.5 Å². The van der Waals surface area contributed by atoms with Crippen LogP contribution in [0.1, 0.15) is 25.8 Å². The first-order chi connectivity index (χ1) is 6.74. The predicted molar refractivity (Wildman–Crippen MR) is 57.1 cm³/mol. The molecule has 0 amide bonds. The van der Waals surface area contributed by atoms with Gasteiger partial charge in [0, 0.05) is 18.3 Å². The van der Waals surface area contributed by atoms with Gasteiger partial charge in [0.1, 0.15) is 5.75 Å². The molecule has 0 bridgehead atoms. The second-order valence-corrected chi connectivity index (χ2v) is 3.72. The van der Waals surface area contributed by atoms with Crippen LogP contribution in [0.5, 0.6) is 5.75 Å². The number of ether oxygens (including phenoxy) is 1. The molecular weight excluding hydrogens is 176 g/mol. The first kappa shape index (κ1) is 11.0. The number of rotatable bonds is 5. The van der Waals surface area contributed by atoms with Crippen molar-refractivity contribution in [2.75, 3.05) is 6.61 Å². The lowest BCUT2D eigenvalue weighted by molar-refractivity contribution is 0.286. The zero-order valence-electron chi connectivity index (χ0n) is 8.86. The molecule has 0 atom stereocenters. The minimum Gasteiger partial charge on any atom is -0.492 e. The summed E-state index contributed by atoms with van der Waals surface area (Å²) < 4.78 is 5.60. The van der Waals surface area contributed by atoms with Crippen LogP contribution in [-0.4, -0.2) is 11.6 Å². The van der Waals surface area contributed by atoms with Gasteiger partial charge in [-0.15, -0.1) is 0 Å². The Bertz CT molecular complexity index is 274. The molecule has 0 aromatic carbocycles. The second-order valence-electron chi connectivity index (χ2n) is 3.72. The topological polar surface area (TPSA) is 48.1 Å². The van der Waals surface area contributed by atoms with E-state index in [0.717, 1.165) is 24.3 Å². The van der Waals surface area contributed by atoms with Gasteiger partial charge in [-0.25, -0.2) is 0 Å². The summed E-state index contributed by atoms with van der Waals surface area (Å²) in [5.74, 6) is 1.48. The molecule has 0 aliphatic carbocycles. The largest absolute Gasteiger partial charge is 0.492 e. The lowest BCUT2D eigenvalue weighted by Gasteiger charge is -2.10. The van der Waals surface area contributed by atoms with Crippen LogP contribution in [0, 0.1) is 5.92 Å². The Morgan fingerprint density at radius 3 is 2.93 bits per heavy atom. The van der Waals surface area contributed by atoms with Gasteiger partial charge in [-0.1, -0.05) is 13.8 Å². The van der Waals surface area contributed by atoms with E-state index in [1.807, 2.05) is 6.07 Å². The van der Waals surface area contributed by atoms with Gasteiger partial charge in [0.05, 0.1) is 12.8 Å². The molecule has 1 rings (SSSR count). The van der Waals surface area contributed by atoms with E-state index in [4.69, 9.17) is 10.5 Å². The Balaban J connectivity index is 2.49. The van der Waals surface area contributed by atoms with Crippen molar-refractivity contribution < 1.29 is 4.74 Å². The Morgan fingerprint density at radius 1 is 1.50 bits per heavy atom. The smallest absolute Gasteiger partial charge is 0.142 e. The molecule has 0 saturated heterocycles. The van der Waals surface area contributed by atoms with Crippen molar-refractivity contribution in [2.45, 2.75) is 26.8 Å². The van der Waals surface area contributed by atoms with Crippen molar-refractivity contribution >= 4 is 0 Å². The summed E-state index contributed by atoms with van der Waals surface area (Å²) in [5.41, 5.74) is 6.59. The van der Waals surface area contributed by atoms with E-state index in [0.29, 0.717) is 12.5 Å². The number of aromatic nitrogens is 1. The molecule has 3 nitrogen and oxygen atoms in total. The molecule has 3 heteroatoms. The van der Waals surface area contributed by atoms with Gasteiger partial charge in [-0.2, -0.15) is 0 Å². The standard InChI is InChI=1S/C11H18N2O/c1-9(2)4-6-14-11-8-13-5-3-10(11)7-12/h3,5,8-9H,4,6-7,12H2,1-2H3. The molecule has 1 heterocycles. The predicted octanol–water partition coefficient (Wildman–Crippen LogP) is 1.97. The number of nitrogens with zero attached hydrogens (tertiary/aromatic N) is 1. The molecule has 0 radical (unpaired) electrons. The maximum absolute atomic E-state index is 5.60. The first-order valence-electron chi connectivity index (χ1n) is 4.99. The first-order valence-corrected chi connectivity index (χ1v) is 4.99. The molecule has 0 spiro atoms. The molecule has 1 aromatic heterocycles. The highest BCUT2D eigenvalue weighted by Crippen LogP contribution is 2.16. The fraction of sp³-hybridized carbons (Fsp3) is 0.545. The minimum absolute atomic E-state index is 0.500. The highest BCUT2D eigenvalue weighted by Gasteiger charge is 2.01. The summed E-state index contributed by atoms with van der Waals surface area (Å²) in [4.78, 5) is 4.01. The SMILES string of the molecule is CC(C)CCOc1cnccc1CN. The number of hydrogen-bond acceptors (Lipinski definition) is 3. The van der Waals surface area contributed by atoms with E-state index in [9.17, 15) is 0 Å². The average molecular weight is 194 g/mol. The van der Waals surface area contributed by atoms with Gasteiger partial charge in [-0.05, 0) is 18.4 Å². The Hall–Kier alpha value is -1.09. The van der Waals surface area contributed by atoms with Crippen LogP contribution in [0.25, 0.3) is 0 Å². The molecule has 0 aliphatic rings. The maximum Gasteiger partial charge on any atom is 0.142 e. The Labute approximate surface area is 85.3 Å². The number of nitrogens with two attached hydrogens (primary N) is 1. The van der Waals surface area contributed by atoms with Gasteiger partial charge in [0.15, 0.2) is 0 Å². The fourth-order valence-corrected chi connectivity index (χ4v) is 1.11. The van der Waals surface area contributed by atoms with E-state index in [1.165, 1.54) is 0 Å². The monoisotopic (exact) mass is 194 g/mol. The van der Waals surface area contributed by atoms with Gasteiger partial charge in [0.2, 0.25) is 0 Å². The molecular formula is C11H18N2O. The van der Waals surface area contributed by atoms with E-state index in [2.05, 4.69) is 18.8 Å². The molecule has 1 aromatic rings. The summed E-state index contributed by atoms with van der Waals surface area (Å²) in [6.07, 6.45) is 4.51. The molecule has 14 heavy (non-hydrogen) atoms. The van der Waals surface area contributed by atoms with E-state index in [-0.39, 0.29) is 0 Å². The van der Waals surface area contributed by atoms with Crippen molar-refractivity contribution in [3.05, 3.63) is 24.0 Å². The van der Waals surface area contributed by atoms with E-state index in [1.54, 1.807) is 12.4 Å². The number of hydrogen-bond donors (Lipinski definition) is 1. The van der Waals surface area contributed by atoms with Crippen molar-refractivity contribution in [3.8, 4) is 5.75 Å². The van der Waals surface area contributed by atoms with Gasteiger partial charge in [0.25, 0.3) is 0 Å². The van der Waals surface area contributed by atoms with Crippen LogP contribution in [0.3, 0.4) is 0 Å². The van der Waals surface area contributed by atoms with E-state index < -0.39 is 0 Å². The summed E-state index contributed by atoms with van der Waals surface area (Å²) in [6, 6.07) is 1.89. The lowest BCUT2D eigenvalue weighted by atomic mass is 10.1. The third kappa shape index (κ3) is 3.34. The van der Waals surface area contributed by atoms with Gasteiger partial charge in [-0.3, -0.25) is 4.98 Å². The molecule has 0 saturated carbocycles. The summed E-state index contributed by atoms with van der Waals surface area (Å²) in [5, 5.41) is 0. The molecule has 2 N–H and O–H groups in total. The third-order valence-corrected chi connectivity index (χ3v) is 2.04. The normalized spacial score (nSPS) is 10.6. The van der Waals surface area contributed by atoms with Gasteiger partial charge >= 0.3 is 0 Å². The van der Waals surface area contributed by atoms with Crippen molar-refractivity contribution in [3.63, 3.8) is 0 Å². The quantitative estimate of drug-likeness (QED) is 0.779. The Morgan fingerprint density at radius 2 is 2.29 bits per heavy atom. The highest BCUT2D eigenvalue weighted by molar-refractivity contribution is 5.29. The molecule has 0 fully saturated rings. The van der Waals surface area contributed by atoms with Crippen LogP contribution in [0.4, 0.5) is 0 Å². The van der Waals surface area contributed by atoms with Crippen LogP contribution in [0.2, 0.25) is 0 Å². The fourth-order valence-electron chi connectivity index (χ4n) is 1.11. The van der Waals surface area contributed by atoms with E-state index >= 15 is 0 Å². The zero-order valence-corrected chi connectivity index (χ0v) is 8.86. The third-order valence-electron chi connectivity index (χ3n) is 2.04. The van der Waals surface area contributed by atoms with Crippen LogP contribution < -0.4 is 10.5 Å². The van der Waals surface area contributed by atoms with Crippen LogP contribution >= 0.6 is 0 Å². The molecule has 0 unspecified atom stereocenters. The molecule has 0 aliphatic heterocycles. The summed E-state index contributed by atoms with van der Waals surface area (Å²) in [6.45, 7) is 5.59. The maximum atomic E-state index is 5.60. The second kappa shape index (κ2) is 5.60. The lowest BCUT2D eigenvalue weighted by Crippen LogP contribution is -2.05. The number of pyridine rings is 1. The zero-order chi connectivity index (χ0) is 10.4. The summed E-state index contributed by atoms with van der Waals surface area (Å²) >= 11 is 0. The van der Waals surface area contributed by atoms with Crippen molar-refractivity contribution in [1.82, 2.24) is 4.98 Å². The van der Waals surface area contributed by atoms with Crippen molar-refractivity contribution in [1.29, 1.82) is 0 Å². The van der Waals surface area contributed by atoms with Crippen LogP contribution in [-0.2, 0) is 6.54 Å². The van der Waals surface area contributed by atoms with Crippen molar-refractivity contribution in [2.24, 2.45) is 11.7 Å². The summed E-state index contributed by atoms with van der Waals surface area (Å²) in [7, 11) is 0.